The summed E-state index contributed by atoms with van der Waals surface area (Å²) in [5, 5.41) is 2.96. The van der Waals surface area contributed by atoms with Crippen LogP contribution in [-0.2, 0) is 16.0 Å². The number of nitrogens with zero attached hydrogens (tertiary/aromatic N) is 3. The van der Waals surface area contributed by atoms with Crippen molar-refractivity contribution in [2.24, 2.45) is 5.92 Å². The zero-order valence-electron chi connectivity index (χ0n) is 13.4. The molecule has 1 aliphatic carbocycles. The molecule has 1 aromatic heterocycles. The fourth-order valence-electron chi connectivity index (χ4n) is 3.56. The Kier molecular flexibility index (Phi) is 5.20. The van der Waals surface area contributed by atoms with Crippen molar-refractivity contribution in [3.63, 3.8) is 0 Å². The highest BCUT2D eigenvalue weighted by molar-refractivity contribution is 5.79. The Morgan fingerprint density at radius 3 is 2.87 bits per heavy atom. The number of hydrogen-bond donors (Lipinski definition) is 1. The van der Waals surface area contributed by atoms with Crippen molar-refractivity contribution in [1.29, 1.82) is 0 Å². The lowest BCUT2D eigenvalue weighted by molar-refractivity contribution is -0.129. The van der Waals surface area contributed by atoms with Crippen molar-refractivity contribution in [3.8, 4) is 0 Å². The zero-order chi connectivity index (χ0) is 16.1. The highest BCUT2D eigenvalue weighted by atomic mass is 16.2. The molecular weight excluding hydrogens is 292 g/mol. The minimum absolute atomic E-state index is 0.0161. The largest absolute Gasteiger partial charge is 0.356 e. The molecule has 2 aliphatic rings. The summed E-state index contributed by atoms with van der Waals surface area (Å²) in [6.45, 7) is 1.39. The summed E-state index contributed by atoms with van der Waals surface area (Å²) in [4.78, 5) is 34.3. The predicted octanol–water partition coefficient (Wildman–Crippen LogP) is 1.32. The van der Waals surface area contributed by atoms with Crippen LogP contribution in [0.1, 0.15) is 44.2 Å². The molecule has 6 heteroatoms. The van der Waals surface area contributed by atoms with Gasteiger partial charge >= 0.3 is 0 Å². The van der Waals surface area contributed by atoms with Crippen LogP contribution in [0.25, 0.3) is 0 Å². The summed E-state index contributed by atoms with van der Waals surface area (Å²) in [6, 6.07) is 0.444. The van der Waals surface area contributed by atoms with Gasteiger partial charge in [-0.1, -0.05) is 12.8 Å². The molecule has 0 spiro atoms. The molecule has 23 heavy (non-hydrogen) atoms. The van der Waals surface area contributed by atoms with Gasteiger partial charge < -0.3 is 10.2 Å². The third-order valence-electron chi connectivity index (χ3n) is 4.82. The molecule has 0 aromatic carbocycles. The molecule has 0 radical (unpaired) electrons. The Labute approximate surface area is 136 Å². The van der Waals surface area contributed by atoms with Crippen molar-refractivity contribution >= 4 is 11.8 Å². The summed E-state index contributed by atoms with van der Waals surface area (Å²) in [5.74, 6) is 0.529. The Hall–Kier alpha value is -1.98. The van der Waals surface area contributed by atoms with Crippen molar-refractivity contribution in [2.75, 3.05) is 13.1 Å². The van der Waals surface area contributed by atoms with Gasteiger partial charge in [0.25, 0.3) is 0 Å². The molecule has 1 saturated carbocycles. The van der Waals surface area contributed by atoms with E-state index in [4.69, 9.17) is 0 Å². The van der Waals surface area contributed by atoms with Crippen LogP contribution >= 0.6 is 0 Å². The van der Waals surface area contributed by atoms with Gasteiger partial charge in [0.15, 0.2) is 0 Å². The Bertz CT molecular complexity index is 543. The first-order valence-electron chi connectivity index (χ1n) is 8.53. The molecule has 0 unspecified atom stereocenters. The van der Waals surface area contributed by atoms with Gasteiger partial charge in [0.05, 0.1) is 5.69 Å². The van der Waals surface area contributed by atoms with E-state index in [2.05, 4.69) is 15.3 Å². The topological polar surface area (TPSA) is 75.2 Å². The average molecular weight is 316 g/mol. The molecule has 3 rings (SSSR count). The molecule has 2 fully saturated rings. The van der Waals surface area contributed by atoms with E-state index in [9.17, 15) is 9.59 Å². The van der Waals surface area contributed by atoms with Gasteiger partial charge in [0.2, 0.25) is 11.8 Å². The maximum atomic E-state index is 12.1. The second-order valence-corrected chi connectivity index (χ2v) is 6.56. The number of hydrogen-bond acceptors (Lipinski definition) is 4. The maximum absolute atomic E-state index is 12.1. The van der Waals surface area contributed by atoms with Crippen LogP contribution in [0.2, 0.25) is 0 Å². The van der Waals surface area contributed by atoms with E-state index < -0.39 is 0 Å². The molecule has 1 aliphatic heterocycles. The van der Waals surface area contributed by atoms with Crippen LogP contribution < -0.4 is 5.32 Å². The van der Waals surface area contributed by atoms with Crippen molar-refractivity contribution < 1.29 is 9.59 Å². The smallest absolute Gasteiger partial charge is 0.223 e. The van der Waals surface area contributed by atoms with Gasteiger partial charge in [0, 0.05) is 56.5 Å². The van der Waals surface area contributed by atoms with E-state index in [-0.39, 0.29) is 17.7 Å². The predicted molar refractivity (Wildman–Crippen MR) is 85.4 cm³/mol. The minimum atomic E-state index is 0.0161. The second kappa shape index (κ2) is 7.53. The molecule has 6 nitrogen and oxygen atoms in total. The first-order chi connectivity index (χ1) is 11.2. The minimum Gasteiger partial charge on any atom is -0.356 e. The lowest BCUT2D eigenvalue weighted by Gasteiger charge is -2.24. The van der Waals surface area contributed by atoms with Gasteiger partial charge in [-0.15, -0.1) is 0 Å². The van der Waals surface area contributed by atoms with Crippen LogP contribution in [-0.4, -0.2) is 45.8 Å². The van der Waals surface area contributed by atoms with E-state index in [1.165, 1.54) is 12.8 Å². The van der Waals surface area contributed by atoms with E-state index in [0.717, 1.165) is 25.1 Å². The molecule has 1 atom stereocenters. The SMILES string of the molecule is O=C(CCc1cnccn1)NC[C@@H]1CC(=O)N(C2CCCC2)C1. The normalized spacial score (nSPS) is 21.8. The summed E-state index contributed by atoms with van der Waals surface area (Å²) in [5.41, 5.74) is 0.825. The number of likely N-dealkylation sites (tertiary alicyclic amines) is 1. The quantitative estimate of drug-likeness (QED) is 0.859. The number of aryl methyl sites for hydroxylation is 1. The van der Waals surface area contributed by atoms with E-state index in [1.807, 2.05) is 4.90 Å². The Balaban J connectivity index is 1.38. The summed E-state index contributed by atoms with van der Waals surface area (Å²) in [6.07, 6.45) is 11.3. The lowest BCUT2D eigenvalue weighted by Crippen LogP contribution is -2.36. The summed E-state index contributed by atoms with van der Waals surface area (Å²) < 4.78 is 0. The summed E-state index contributed by atoms with van der Waals surface area (Å²) in [7, 11) is 0. The van der Waals surface area contributed by atoms with Gasteiger partial charge in [-0.3, -0.25) is 19.6 Å². The average Bonchev–Trinajstić information content (AvgIpc) is 3.21. The number of nitrogens with one attached hydrogen (secondary N) is 1. The molecular formula is C17H24N4O2. The number of rotatable bonds is 6. The highest BCUT2D eigenvalue weighted by Gasteiger charge is 2.35. The zero-order valence-corrected chi connectivity index (χ0v) is 13.4. The lowest BCUT2D eigenvalue weighted by atomic mass is 10.1. The van der Waals surface area contributed by atoms with Gasteiger partial charge in [0.1, 0.15) is 0 Å². The molecule has 124 valence electrons. The van der Waals surface area contributed by atoms with Gasteiger partial charge in [-0.25, -0.2) is 0 Å². The van der Waals surface area contributed by atoms with E-state index in [1.54, 1.807) is 18.6 Å². The fourth-order valence-corrected chi connectivity index (χ4v) is 3.56. The van der Waals surface area contributed by atoms with E-state index >= 15 is 0 Å². The van der Waals surface area contributed by atoms with Crippen LogP contribution in [0.4, 0.5) is 0 Å². The first-order valence-corrected chi connectivity index (χ1v) is 8.53. The highest BCUT2D eigenvalue weighted by Crippen LogP contribution is 2.29. The number of carbonyl (C=O) groups is 2. The molecule has 1 saturated heterocycles. The van der Waals surface area contributed by atoms with Crippen LogP contribution in [0.3, 0.4) is 0 Å². The van der Waals surface area contributed by atoms with Crippen molar-refractivity contribution in [2.45, 2.75) is 51.0 Å². The van der Waals surface area contributed by atoms with Gasteiger partial charge in [-0.2, -0.15) is 0 Å². The fraction of sp³-hybridized carbons (Fsp3) is 0.647. The first kappa shape index (κ1) is 15.9. The number of carbonyl (C=O) groups excluding carboxylic acids is 2. The third kappa shape index (κ3) is 4.27. The summed E-state index contributed by atoms with van der Waals surface area (Å²) >= 11 is 0. The monoisotopic (exact) mass is 316 g/mol. The molecule has 1 N–H and O–H groups in total. The van der Waals surface area contributed by atoms with Crippen LogP contribution in [0.5, 0.6) is 0 Å². The molecule has 1 aromatic rings. The molecule has 2 heterocycles. The standard InChI is InChI=1S/C17H24N4O2/c22-16(6-5-14-11-18-7-8-19-14)20-10-13-9-17(23)21(12-13)15-3-1-2-4-15/h7-8,11,13,15H,1-6,9-10,12H2,(H,20,22)/t13-/m0/s1. The molecule has 0 bridgehead atoms. The maximum Gasteiger partial charge on any atom is 0.223 e. The Morgan fingerprint density at radius 1 is 1.30 bits per heavy atom. The molecule has 2 amide bonds. The second-order valence-electron chi connectivity index (χ2n) is 6.56. The van der Waals surface area contributed by atoms with E-state index in [0.29, 0.717) is 31.8 Å². The van der Waals surface area contributed by atoms with Crippen LogP contribution in [0.15, 0.2) is 18.6 Å². The van der Waals surface area contributed by atoms with Crippen molar-refractivity contribution in [1.82, 2.24) is 20.2 Å². The third-order valence-corrected chi connectivity index (χ3v) is 4.82. The number of aromatic nitrogens is 2. The van der Waals surface area contributed by atoms with Crippen molar-refractivity contribution in [3.05, 3.63) is 24.3 Å². The van der Waals surface area contributed by atoms with Gasteiger partial charge in [-0.05, 0) is 19.3 Å². The van der Waals surface area contributed by atoms with Crippen LogP contribution in [0, 0.1) is 5.92 Å². The Morgan fingerprint density at radius 2 is 2.13 bits per heavy atom. The number of amides is 2.